The zero-order chi connectivity index (χ0) is 21.8. The molecule has 2 heterocycles. The summed E-state index contributed by atoms with van der Waals surface area (Å²) >= 11 is 0. The van der Waals surface area contributed by atoms with Crippen LogP contribution in [0.15, 0.2) is 23.0 Å². The van der Waals surface area contributed by atoms with Gasteiger partial charge in [0.05, 0.1) is 31.6 Å². The van der Waals surface area contributed by atoms with Gasteiger partial charge in [0.15, 0.2) is 0 Å². The molecule has 0 amide bonds. The van der Waals surface area contributed by atoms with Crippen LogP contribution in [-0.2, 0) is 22.4 Å². The summed E-state index contributed by atoms with van der Waals surface area (Å²) in [4.78, 5) is 20.9. The van der Waals surface area contributed by atoms with E-state index < -0.39 is 0 Å². The van der Waals surface area contributed by atoms with E-state index in [1.165, 1.54) is 0 Å². The molecule has 1 aromatic heterocycles. The number of aromatic nitrogens is 2. The molecule has 1 aliphatic rings. The number of rotatable bonds is 8. The molecule has 2 aromatic rings. The molecule has 1 aliphatic heterocycles. The van der Waals surface area contributed by atoms with E-state index in [0.29, 0.717) is 37.6 Å². The largest absolute Gasteiger partial charge is 0.497 e. The van der Waals surface area contributed by atoms with Gasteiger partial charge in [-0.2, -0.15) is 0 Å². The Morgan fingerprint density at radius 3 is 2.53 bits per heavy atom. The average molecular weight is 416 g/mol. The lowest BCUT2D eigenvalue weighted by molar-refractivity contribution is 0.111. The minimum Gasteiger partial charge on any atom is -0.497 e. The smallest absolute Gasteiger partial charge is 0.277 e. The number of hydrogen-bond donors (Lipinski definition) is 0. The maximum Gasteiger partial charge on any atom is 0.277 e. The zero-order valence-corrected chi connectivity index (χ0v) is 18.9. The van der Waals surface area contributed by atoms with Crippen molar-refractivity contribution < 1.29 is 14.2 Å². The molecule has 7 nitrogen and oxygen atoms in total. The summed E-state index contributed by atoms with van der Waals surface area (Å²) in [5, 5.41) is 0. The van der Waals surface area contributed by atoms with Gasteiger partial charge < -0.3 is 19.1 Å². The molecule has 0 saturated carbocycles. The molecular weight excluding hydrogens is 382 g/mol. The fraction of sp³-hybridized carbons (Fsp3) is 0.565. The standard InChI is InChI=1S/C23H33N3O4/c1-7-20-21(26-13-18(30-6)12-16(26)14-28-4)23(27)25(8-2)22(24-20)19-10-9-17(29-5)11-15(19)3/h9-11,16,18H,7-8,12-14H2,1-6H3/t16-,18+/m0/s1. The minimum atomic E-state index is -0.00701. The molecule has 7 heteroatoms. The highest BCUT2D eigenvalue weighted by atomic mass is 16.5. The van der Waals surface area contributed by atoms with Crippen molar-refractivity contribution in [2.75, 3.05) is 39.4 Å². The van der Waals surface area contributed by atoms with Crippen LogP contribution in [0.1, 0.15) is 31.5 Å². The van der Waals surface area contributed by atoms with E-state index in [1.807, 2.05) is 39.0 Å². The van der Waals surface area contributed by atoms with Gasteiger partial charge in [-0.1, -0.05) is 6.92 Å². The topological polar surface area (TPSA) is 65.8 Å². The second-order valence-electron chi connectivity index (χ2n) is 7.67. The number of hydrogen-bond acceptors (Lipinski definition) is 6. The average Bonchev–Trinajstić information content (AvgIpc) is 3.15. The maximum atomic E-state index is 13.7. The van der Waals surface area contributed by atoms with Crippen LogP contribution in [-0.4, -0.2) is 56.2 Å². The summed E-state index contributed by atoms with van der Waals surface area (Å²) < 4.78 is 18.1. The molecule has 1 aromatic carbocycles. The normalized spacial score (nSPS) is 18.8. The highest BCUT2D eigenvalue weighted by Crippen LogP contribution is 2.31. The van der Waals surface area contributed by atoms with Crippen molar-refractivity contribution in [2.24, 2.45) is 0 Å². The van der Waals surface area contributed by atoms with Gasteiger partial charge in [-0.15, -0.1) is 0 Å². The van der Waals surface area contributed by atoms with Crippen molar-refractivity contribution in [3.8, 4) is 17.1 Å². The number of anilines is 1. The first-order chi connectivity index (χ1) is 14.5. The second kappa shape index (κ2) is 9.62. The number of benzene rings is 1. The fourth-order valence-corrected chi connectivity index (χ4v) is 4.31. The molecule has 0 unspecified atom stereocenters. The summed E-state index contributed by atoms with van der Waals surface area (Å²) in [7, 11) is 5.06. The molecule has 0 N–H and O–H groups in total. The number of aryl methyl sites for hydroxylation is 2. The Morgan fingerprint density at radius 1 is 1.20 bits per heavy atom. The summed E-state index contributed by atoms with van der Waals surface area (Å²) in [6.07, 6.45) is 1.58. The number of ether oxygens (including phenoxy) is 3. The highest BCUT2D eigenvalue weighted by Gasteiger charge is 2.35. The van der Waals surface area contributed by atoms with E-state index in [-0.39, 0.29) is 17.7 Å². The third-order valence-corrected chi connectivity index (χ3v) is 5.90. The Kier molecular flexibility index (Phi) is 7.15. The Labute approximate surface area is 178 Å². The molecular formula is C23H33N3O4. The molecule has 1 saturated heterocycles. The molecule has 0 aliphatic carbocycles. The van der Waals surface area contributed by atoms with Gasteiger partial charge in [0.1, 0.15) is 17.3 Å². The van der Waals surface area contributed by atoms with Crippen molar-refractivity contribution in [1.82, 2.24) is 9.55 Å². The fourth-order valence-electron chi connectivity index (χ4n) is 4.31. The Hall–Kier alpha value is -2.38. The summed E-state index contributed by atoms with van der Waals surface area (Å²) in [6.45, 7) is 7.80. The minimum absolute atomic E-state index is 0.00701. The molecule has 30 heavy (non-hydrogen) atoms. The van der Waals surface area contributed by atoms with E-state index in [4.69, 9.17) is 19.2 Å². The van der Waals surface area contributed by atoms with Crippen LogP contribution in [0.2, 0.25) is 0 Å². The van der Waals surface area contributed by atoms with E-state index in [0.717, 1.165) is 29.0 Å². The summed E-state index contributed by atoms with van der Waals surface area (Å²) in [6, 6.07) is 5.95. The third-order valence-electron chi connectivity index (χ3n) is 5.90. The van der Waals surface area contributed by atoms with Crippen LogP contribution < -0.4 is 15.2 Å². The van der Waals surface area contributed by atoms with Gasteiger partial charge in [-0.25, -0.2) is 4.98 Å². The van der Waals surface area contributed by atoms with E-state index in [1.54, 1.807) is 25.9 Å². The Balaban J connectivity index is 2.17. The lowest BCUT2D eigenvalue weighted by Crippen LogP contribution is -2.40. The van der Waals surface area contributed by atoms with Crippen LogP contribution in [0.4, 0.5) is 5.69 Å². The lowest BCUT2D eigenvalue weighted by Gasteiger charge is -2.28. The van der Waals surface area contributed by atoms with Crippen LogP contribution in [0.3, 0.4) is 0 Å². The SMILES string of the molecule is CCc1nc(-c2ccc(OC)cc2C)n(CC)c(=O)c1N1C[C@H](OC)C[C@H]1COC. The first-order valence-electron chi connectivity index (χ1n) is 10.6. The predicted octanol–water partition coefficient (Wildman–Crippen LogP) is 3.05. The van der Waals surface area contributed by atoms with E-state index in [9.17, 15) is 4.79 Å². The van der Waals surface area contributed by atoms with Crippen LogP contribution in [0.25, 0.3) is 11.4 Å². The van der Waals surface area contributed by atoms with Gasteiger partial charge in [-0.3, -0.25) is 9.36 Å². The van der Waals surface area contributed by atoms with Crippen molar-refractivity contribution in [2.45, 2.75) is 52.3 Å². The molecule has 2 atom stereocenters. The van der Waals surface area contributed by atoms with Gasteiger partial charge in [0, 0.05) is 32.9 Å². The number of methoxy groups -OCH3 is 3. The van der Waals surface area contributed by atoms with Gasteiger partial charge in [0.2, 0.25) is 0 Å². The van der Waals surface area contributed by atoms with Gasteiger partial charge in [0.25, 0.3) is 5.56 Å². The van der Waals surface area contributed by atoms with Crippen LogP contribution in [0.5, 0.6) is 5.75 Å². The van der Waals surface area contributed by atoms with E-state index in [2.05, 4.69) is 4.90 Å². The maximum absolute atomic E-state index is 13.7. The molecule has 0 bridgehead atoms. The quantitative estimate of drug-likeness (QED) is 0.660. The second-order valence-corrected chi connectivity index (χ2v) is 7.67. The summed E-state index contributed by atoms with van der Waals surface area (Å²) in [5.74, 6) is 1.49. The first-order valence-corrected chi connectivity index (χ1v) is 10.6. The molecule has 0 spiro atoms. The summed E-state index contributed by atoms with van der Waals surface area (Å²) in [5.41, 5.74) is 3.45. The molecule has 3 rings (SSSR count). The third kappa shape index (κ3) is 4.09. The van der Waals surface area contributed by atoms with Crippen molar-refractivity contribution in [3.05, 3.63) is 39.8 Å². The lowest BCUT2D eigenvalue weighted by atomic mass is 10.1. The molecule has 1 fully saturated rings. The molecule has 0 radical (unpaired) electrons. The first kappa shape index (κ1) is 22.3. The van der Waals surface area contributed by atoms with Gasteiger partial charge >= 0.3 is 0 Å². The van der Waals surface area contributed by atoms with Gasteiger partial charge in [-0.05, 0) is 50.5 Å². The zero-order valence-electron chi connectivity index (χ0n) is 18.9. The van der Waals surface area contributed by atoms with E-state index >= 15 is 0 Å². The predicted molar refractivity (Wildman–Crippen MR) is 119 cm³/mol. The van der Waals surface area contributed by atoms with Crippen molar-refractivity contribution >= 4 is 5.69 Å². The number of nitrogens with zero attached hydrogens (tertiary/aromatic N) is 3. The van der Waals surface area contributed by atoms with Crippen molar-refractivity contribution in [3.63, 3.8) is 0 Å². The monoisotopic (exact) mass is 415 g/mol. The highest BCUT2D eigenvalue weighted by molar-refractivity contribution is 5.65. The van der Waals surface area contributed by atoms with Crippen LogP contribution in [0, 0.1) is 6.92 Å². The van der Waals surface area contributed by atoms with Crippen LogP contribution >= 0.6 is 0 Å². The Bertz CT molecular complexity index is 941. The Morgan fingerprint density at radius 2 is 1.97 bits per heavy atom. The molecule has 164 valence electrons. The van der Waals surface area contributed by atoms with Crippen molar-refractivity contribution in [1.29, 1.82) is 0 Å².